The van der Waals surface area contributed by atoms with Gasteiger partial charge in [0.15, 0.2) is 0 Å². The summed E-state index contributed by atoms with van der Waals surface area (Å²) in [6.45, 7) is 0. The van der Waals surface area contributed by atoms with Gasteiger partial charge in [-0.25, -0.2) is 8.78 Å². The molecule has 1 N–H and O–H groups in total. The number of nitrogens with one attached hydrogen (secondary N) is 1. The van der Waals surface area contributed by atoms with Crippen molar-refractivity contribution < 1.29 is 13.6 Å². The van der Waals surface area contributed by atoms with Crippen molar-refractivity contribution >= 4 is 0 Å². The summed E-state index contributed by atoms with van der Waals surface area (Å²) in [4.78, 5) is 4.94. The standard InChI is InChI=1S/C14H13F2NO/c1-18-17-14(10-2-6-12(15)7-3-10)11-4-8-13(16)9-5-11/h2-9,14,17H,1H3. The van der Waals surface area contributed by atoms with Crippen molar-refractivity contribution in [2.24, 2.45) is 0 Å². The molecule has 0 spiro atoms. The van der Waals surface area contributed by atoms with Crippen LogP contribution >= 0.6 is 0 Å². The summed E-state index contributed by atoms with van der Waals surface area (Å²) in [5, 5.41) is 0. The van der Waals surface area contributed by atoms with Gasteiger partial charge in [0.25, 0.3) is 0 Å². The van der Waals surface area contributed by atoms with Gasteiger partial charge in [-0.3, -0.25) is 0 Å². The van der Waals surface area contributed by atoms with Crippen LogP contribution in [-0.2, 0) is 4.84 Å². The number of halogens is 2. The van der Waals surface area contributed by atoms with E-state index in [1.54, 1.807) is 24.3 Å². The molecular weight excluding hydrogens is 236 g/mol. The third-order valence-corrected chi connectivity index (χ3v) is 2.64. The van der Waals surface area contributed by atoms with Crippen molar-refractivity contribution in [2.75, 3.05) is 7.11 Å². The molecular formula is C14H13F2NO. The highest BCUT2D eigenvalue weighted by Crippen LogP contribution is 2.22. The van der Waals surface area contributed by atoms with Crippen LogP contribution in [0.1, 0.15) is 17.2 Å². The SMILES string of the molecule is CONC(c1ccc(F)cc1)c1ccc(F)cc1. The zero-order valence-electron chi connectivity index (χ0n) is 9.86. The quantitative estimate of drug-likeness (QED) is 0.840. The summed E-state index contributed by atoms with van der Waals surface area (Å²) in [6.07, 6.45) is 0. The lowest BCUT2D eigenvalue weighted by Crippen LogP contribution is -2.21. The summed E-state index contributed by atoms with van der Waals surface area (Å²) in [5.41, 5.74) is 4.48. The maximum atomic E-state index is 12.9. The first-order chi connectivity index (χ1) is 8.70. The molecule has 0 fully saturated rings. The Kier molecular flexibility index (Phi) is 4.02. The zero-order valence-corrected chi connectivity index (χ0v) is 9.86. The van der Waals surface area contributed by atoms with Gasteiger partial charge in [0, 0.05) is 0 Å². The predicted octanol–water partition coefficient (Wildman–Crippen LogP) is 3.21. The second-order valence-corrected chi connectivity index (χ2v) is 3.86. The predicted molar refractivity (Wildman–Crippen MR) is 64.8 cm³/mol. The minimum absolute atomic E-state index is 0.267. The van der Waals surface area contributed by atoms with Gasteiger partial charge in [-0.05, 0) is 35.4 Å². The average Bonchev–Trinajstić information content (AvgIpc) is 2.39. The van der Waals surface area contributed by atoms with E-state index in [2.05, 4.69) is 5.48 Å². The molecule has 0 aliphatic carbocycles. The molecule has 0 aliphatic rings. The van der Waals surface area contributed by atoms with Gasteiger partial charge < -0.3 is 4.84 Å². The number of rotatable bonds is 4. The molecule has 2 rings (SSSR count). The van der Waals surface area contributed by atoms with Gasteiger partial charge in [0.05, 0.1) is 13.2 Å². The van der Waals surface area contributed by atoms with Crippen molar-refractivity contribution in [1.82, 2.24) is 5.48 Å². The van der Waals surface area contributed by atoms with Crippen molar-refractivity contribution in [2.45, 2.75) is 6.04 Å². The smallest absolute Gasteiger partial charge is 0.123 e. The minimum Gasteiger partial charge on any atom is -0.304 e. The van der Waals surface area contributed by atoms with Crippen molar-refractivity contribution in [3.05, 3.63) is 71.3 Å². The molecule has 18 heavy (non-hydrogen) atoms. The Morgan fingerprint density at radius 2 is 1.22 bits per heavy atom. The van der Waals surface area contributed by atoms with E-state index in [1.807, 2.05) is 0 Å². The first-order valence-corrected chi connectivity index (χ1v) is 5.50. The number of hydroxylamine groups is 1. The molecule has 4 heteroatoms. The van der Waals surface area contributed by atoms with E-state index >= 15 is 0 Å². The fourth-order valence-corrected chi connectivity index (χ4v) is 1.76. The largest absolute Gasteiger partial charge is 0.304 e. The fourth-order valence-electron chi connectivity index (χ4n) is 1.76. The van der Waals surface area contributed by atoms with E-state index in [0.29, 0.717) is 0 Å². The molecule has 0 heterocycles. The summed E-state index contributed by atoms with van der Waals surface area (Å²) < 4.78 is 25.8. The van der Waals surface area contributed by atoms with Gasteiger partial charge in [-0.2, -0.15) is 5.48 Å². The van der Waals surface area contributed by atoms with Crippen LogP contribution in [0.15, 0.2) is 48.5 Å². The highest BCUT2D eigenvalue weighted by Gasteiger charge is 2.13. The van der Waals surface area contributed by atoms with Gasteiger partial charge in [-0.15, -0.1) is 0 Å². The normalized spacial score (nSPS) is 10.9. The van der Waals surface area contributed by atoms with Crippen LogP contribution in [0.4, 0.5) is 8.78 Å². The zero-order chi connectivity index (χ0) is 13.0. The molecule has 94 valence electrons. The topological polar surface area (TPSA) is 21.3 Å². The van der Waals surface area contributed by atoms with Crippen LogP contribution in [0.3, 0.4) is 0 Å². The van der Waals surface area contributed by atoms with E-state index in [0.717, 1.165) is 11.1 Å². The summed E-state index contributed by atoms with van der Waals surface area (Å²) in [6, 6.07) is 11.9. The molecule has 0 aliphatic heterocycles. The van der Waals surface area contributed by atoms with E-state index < -0.39 is 0 Å². The summed E-state index contributed by atoms with van der Waals surface area (Å²) >= 11 is 0. The van der Waals surface area contributed by atoms with Crippen molar-refractivity contribution in [3.8, 4) is 0 Å². The Morgan fingerprint density at radius 1 is 0.833 bits per heavy atom. The molecule has 2 aromatic rings. The highest BCUT2D eigenvalue weighted by atomic mass is 19.1. The van der Waals surface area contributed by atoms with E-state index in [1.165, 1.54) is 31.4 Å². The number of hydrogen-bond donors (Lipinski definition) is 1. The van der Waals surface area contributed by atoms with Crippen molar-refractivity contribution in [3.63, 3.8) is 0 Å². The molecule has 0 unspecified atom stereocenters. The van der Waals surface area contributed by atoms with Crippen LogP contribution in [-0.4, -0.2) is 7.11 Å². The van der Waals surface area contributed by atoms with Gasteiger partial charge in [0.2, 0.25) is 0 Å². The maximum Gasteiger partial charge on any atom is 0.123 e. The Balaban J connectivity index is 2.33. The monoisotopic (exact) mass is 249 g/mol. The van der Waals surface area contributed by atoms with Gasteiger partial charge in [-0.1, -0.05) is 24.3 Å². The van der Waals surface area contributed by atoms with Crippen LogP contribution in [0.5, 0.6) is 0 Å². The molecule has 0 saturated carbocycles. The first kappa shape index (κ1) is 12.7. The highest BCUT2D eigenvalue weighted by molar-refractivity contribution is 5.31. The Labute approximate surface area is 104 Å². The number of benzene rings is 2. The Bertz CT molecular complexity index is 451. The lowest BCUT2D eigenvalue weighted by Gasteiger charge is -2.18. The molecule has 0 bridgehead atoms. The number of hydrogen-bond acceptors (Lipinski definition) is 2. The van der Waals surface area contributed by atoms with Crippen LogP contribution in [0, 0.1) is 11.6 Å². The van der Waals surface area contributed by atoms with Gasteiger partial charge >= 0.3 is 0 Å². The first-order valence-electron chi connectivity index (χ1n) is 5.50. The average molecular weight is 249 g/mol. The summed E-state index contributed by atoms with van der Waals surface area (Å²) in [7, 11) is 1.50. The molecule has 0 saturated heterocycles. The minimum atomic E-state index is -0.297. The van der Waals surface area contributed by atoms with Crippen LogP contribution < -0.4 is 5.48 Å². The molecule has 0 aromatic heterocycles. The third-order valence-electron chi connectivity index (χ3n) is 2.64. The Morgan fingerprint density at radius 3 is 1.56 bits per heavy atom. The molecule has 0 amide bonds. The van der Waals surface area contributed by atoms with Crippen molar-refractivity contribution in [1.29, 1.82) is 0 Å². The van der Waals surface area contributed by atoms with E-state index in [-0.39, 0.29) is 17.7 Å². The molecule has 2 aromatic carbocycles. The van der Waals surface area contributed by atoms with E-state index in [9.17, 15) is 8.78 Å². The maximum absolute atomic E-state index is 12.9. The molecule has 0 atom stereocenters. The fraction of sp³-hybridized carbons (Fsp3) is 0.143. The second-order valence-electron chi connectivity index (χ2n) is 3.86. The molecule has 0 radical (unpaired) electrons. The van der Waals surface area contributed by atoms with E-state index in [4.69, 9.17) is 4.84 Å². The second kappa shape index (κ2) is 5.71. The Hall–Kier alpha value is -1.78. The molecule has 2 nitrogen and oxygen atoms in total. The van der Waals surface area contributed by atoms with Gasteiger partial charge in [0.1, 0.15) is 11.6 Å². The lowest BCUT2D eigenvalue weighted by molar-refractivity contribution is 0.0716. The van der Waals surface area contributed by atoms with Crippen LogP contribution in [0.2, 0.25) is 0 Å². The van der Waals surface area contributed by atoms with Crippen LogP contribution in [0.25, 0.3) is 0 Å². The third kappa shape index (κ3) is 2.91. The lowest BCUT2D eigenvalue weighted by atomic mass is 9.99. The summed E-state index contributed by atoms with van der Waals surface area (Å²) in [5.74, 6) is -0.594.